The van der Waals surface area contributed by atoms with Gasteiger partial charge in [-0.15, -0.1) is 0 Å². The van der Waals surface area contributed by atoms with Crippen LogP contribution in [0.25, 0.3) is 33.4 Å². The molecule has 3 fully saturated rings. The highest BCUT2D eigenvalue weighted by atomic mass is 16.2. The fraction of sp³-hybridized carbons (Fsp3) is 0.432. The maximum atomic E-state index is 14.0. The molecule has 3 amide bonds. The van der Waals surface area contributed by atoms with Gasteiger partial charge in [0.05, 0.1) is 11.4 Å². The minimum atomic E-state index is 0.0284. The van der Waals surface area contributed by atoms with Crippen molar-refractivity contribution in [2.45, 2.75) is 38.6 Å². The molecule has 0 atom stereocenters. The topological polar surface area (TPSA) is 94.9 Å². The zero-order valence-corrected chi connectivity index (χ0v) is 27.3. The first-order valence-corrected chi connectivity index (χ1v) is 16.9. The van der Waals surface area contributed by atoms with Gasteiger partial charge in [-0.2, -0.15) is 0 Å². The molecular formula is C37H43N7O3. The highest BCUT2D eigenvalue weighted by Gasteiger charge is 2.34. The summed E-state index contributed by atoms with van der Waals surface area (Å²) in [5, 5.41) is 1.13. The van der Waals surface area contributed by atoms with Gasteiger partial charge >= 0.3 is 0 Å². The molecule has 0 unspecified atom stereocenters. The van der Waals surface area contributed by atoms with Crippen LogP contribution in [-0.2, 0) is 16.6 Å². The fourth-order valence-corrected chi connectivity index (χ4v) is 7.54. The van der Waals surface area contributed by atoms with Crippen molar-refractivity contribution in [2.24, 2.45) is 13.0 Å². The van der Waals surface area contributed by atoms with E-state index in [1.165, 1.54) is 0 Å². The Kier molecular flexibility index (Phi) is 8.77. The molecule has 10 heteroatoms. The molecular weight excluding hydrogens is 590 g/mol. The van der Waals surface area contributed by atoms with Gasteiger partial charge in [-0.3, -0.25) is 24.3 Å². The number of fused-ring (bicyclic) bond motifs is 1. The van der Waals surface area contributed by atoms with E-state index in [1.807, 2.05) is 46.0 Å². The number of benzene rings is 1. The molecule has 7 rings (SSSR count). The molecule has 0 radical (unpaired) electrons. The third-order valence-electron chi connectivity index (χ3n) is 10.4. The van der Waals surface area contributed by atoms with Gasteiger partial charge in [-0.25, -0.2) is 4.98 Å². The van der Waals surface area contributed by atoms with E-state index in [1.54, 1.807) is 19.3 Å². The van der Waals surface area contributed by atoms with Crippen molar-refractivity contribution in [3.8, 4) is 22.5 Å². The average molecular weight is 634 g/mol. The molecule has 3 aliphatic heterocycles. The number of nitrogens with zero attached hydrogens (tertiary/aromatic N) is 7. The highest BCUT2D eigenvalue weighted by molar-refractivity contribution is 5.97. The van der Waals surface area contributed by atoms with Crippen LogP contribution < -0.4 is 0 Å². The SMILES string of the molecule is CC(=O)N1CCC(C(=O)N2CCC(N3CCN(C(=O)c4cc(-c5ccncc5)nc(-c5ccc6c(ccn6C)c5)c4)CC3)CC2)CC1. The zero-order valence-electron chi connectivity index (χ0n) is 27.3. The molecule has 0 aliphatic carbocycles. The summed E-state index contributed by atoms with van der Waals surface area (Å²) >= 11 is 0. The second kappa shape index (κ2) is 13.3. The van der Waals surface area contributed by atoms with Crippen molar-refractivity contribution < 1.29 is 14.4 Å². The molecule has 1 aromatic carbocycles. The zero-order chi connectivity index (χ0) is 32.5. The first-order valence-electron chi connectivity index (χ1n) is 16.9. The van der Waals surface area contributed by atoms with Crippen LogP contribution >= 0.6 is 0 Å². The number of carbonyl (C=O) groups excluding carboxylic acids is 3. The van der Waals surface area contributed by atoms with E-state index < -0.39 is 0 Å². The van der Waals surface area contributed by atoms with E-state index in [0.717, 1.165) is 85.3 Å². The number of pyridine rings is 2. The van der Waals surface area contributed by atoms with E-state index >= 15 is 0 Å². The Labute approximate surface area is 276 Å². The van der Waals surface area contributed by atoms with Crippen molar-refractivity contribution in [1.82, 2.24) is 34.1 Å². The number of piperidine rings is 2. The average Bonchev–Trinajstić information content (AvgIpc) is 3.51. The lowest BCUT2D eigenvalue weighted by atomic mass is 9.93. The van der Waals surface area contributed by atoms with Crippen LogP contribution in [0.5, 0.6) is 0 Å². The monoisotopic (exact) mass is 633 g/mol. The van der Waals surface area contributed by atoms with Crippen LogP contribution in [0.4, 0.5) is 0 Å². The van der Waals surface area contributed by atoms with Crippen LogP contribution in [-0.4, -0.2) is 110 Å². The lowest BCUT2D eigenvalue weighted by Gasteiger charge is -2.43. The predicted molar refractivity (Wildman–Crippen MR) is 181 cm³/mol. The minimum absolute atomic E-state index is 0.0284. The second-order valence-electron chi connectivity index (χ2n) is 13.2. The summed E-state index contributed by atoms with van der Waals surface area (Å²) in [6.07, 6.45) is 9.00. The van der Waals surface area contributed by atoms with Crippen molar-refractivity contribution >= 4 is 28.6 Å². The molecule has 3 saturated heterocycles. The molecule has 0 bridgehead atoms. The largest absolute Gasteiger partial charge is 0.351 e. The third kappa shape index (κ3) is 6.52. The molecule has 10 nitrogen and oxygen atoms in total. The van der Waals surface area contributed by atoms with Crippen LogP contribution in [0.2, 0.25) is 0 Å². The lowest BCUT2D eigenvalue weighted by molar-refractivity contribution is -0.141. The molecule has 0 saturated carbocycles. The van der Waals surface area contributed by atoms with Gasteiger partial charge in [0.15, 0.2) is 0 Å². The summed E-state index contributed by atoms with van der Waals surface area (Å²) in [6.45, 7) is 7.52. The Balaban J connectivity index is 0.995. The number of aryl methyl sites for hydroxylation is 1. The van der Waals surface area contributed by atoms with Crippen LogP contribution in [0.1, 0.15) is 43.0 Å². The summed E-state index contributed by atoms with van der Waals surface area (Å²) < 4.78 is 2.10. The van der Waals surface area contributed by atoms with Crippen LogP contribution in [0.3, 0.4) is 0 Å². The number of rotatable bonds is 5. The Morgan fingerprint density at radius 2 is 1.36 bits per heavy atom. The van der Waals surface area contributed by atoms with E-state index in [0.29, 0.717) is 37.8 Å². The number of carbonyl (C=O) groups is 3. The summed E-state index contributed by atoms with van der Waals surface area (Å²) in [7, 11) is 2.04. The van der Waals surface area contributed by atoms with Gasteiger partial charge in [0.2, 0.25) is 11.8 Å². The number of piperazine rings is 1. The van der Waals surface area contributed by atoms with E-state index in [-0.39, 0.29) is 23.6 Å². The molecule has 47 heavy (non-hydrogen) atoms. The first-order chi connectivity index (χ1) is 22.8. The normalized spacial score (nSPS) is 18.6. The van der Waals surface area contributed by atoms with Crippen molar-refractivity contribution in [2.75, 3.05) is 52.4 Å². The van der Waals surface area contributed by atoms with Crippen molar-refractivity contribution in [3.63, 3.8) is 0 Å². The van der Waals surface area contributed by atoms with Crippen LogP contribution in [0.15, 0.2) is 67.1 Å². The van der Waals surface area contributed by atoms with Gasteiger partial charge in [0.1, 0.15) is 0 Å². The third-order valence-corrected chi connectivity index (χ3v) is 10.4. The van der Waals surface area contributed by atoms with Crippen LogP contribution in [0, 0.1) is 5.92 Å². The smallest absolute Gasteiger partial charge is 0.254 e. The fourth-order valence-electron chi connectivity index (χ4n) is 7.54. The van der Waals surface area contributed by atoms with Gasteiger partial charge in [0, 0.05) is 124 Å². The summed E-state index contributed by atoms with van der Waals surface area (Å²) in [6, 6.07) is 16.5. The van der Waals surface area contributed by atoms with Crippen molar-refractivity contribution in [3.05, 3.63) is 72.7 Å². The molecule has 244 valence electrons. The van der Waals surface area contributed by atoms with Gasteiger partial charge in [-0.1, -0.05) is 6.07 Å². The predicted octanol–water partition coefficient (Wildman–Crippen LogP) is 4.31. The van der Waals surface area contributed by atoms with E-state index in [2.05, 4.69) is 44.9 Å². The van der Waals surface area contributed by atoms with Gasteiger partial charge in [0.25, 0.3) is 5.91 Å². The minimum Gasteiger partial charge on any atom is -0.351 e. The Morgan fingerprint density at radius 1 is 0.702 bits per heavy atom. The highest BCUT2D eigenvalue weighted by Crippen LogP contribution is 2.29. The Hall–Kier alpha value is -4.57. The maximum Gasteiger partial charge on any atom is 0.254 e. The number of likely N-dealkylation sites (tertiary alicyclic amines) is 2. The van der Waals surface area contributed by atoms with E-state index in [4.69, 9.17) is 4.98 Å². The number of hydrogen-bond acceptors (Lipinski definition) is 6. The van der Waals surface area contributed by atoms with Gasteiger partial charge in [-0.05, 0) is 68.1 Å². The lowest BCUT2D eigenvalue weighted by Crippen LogP contribution is -2.55. The number of amides is 3. The molecule has 3 aliphatic rings. The molecule has 0 spiro atoms. The van der Waals surface area contributed by atoms with Crippen molar-refractivity contribution in [1.29, 1.82) is 0 Å². The summed E-state index contributed by atoms with van der Waals surface area (Å²) in [5.74, 6) is 0.416. The second-order valence-corrected chi connectivity index (χ2v) is 13.2. The Morgan fingerprint density at radius 3 is 2.04 bits per heavy atom. The number of hydrogen-bond donors (Lipinski definition) is 0. The molecule has 0 N–H and O–H groups in total. The Bertz CT molecular complexity index is 1760. The number of aromatic nitrogens is 3. The molecule has 3 aromatic heterocycles. The standard InChI is InChI=1S/C37H43N7O3/c1-26(45)41-15-8-28(9-16-41)36(46)43-17-10-32(11-18-43)42-19-21-44(22-20-42)37(47)31-24-33(27-5-12-38-13-6-27)39-34(25-31)29-3-4-35-30(23-29)7-14-40(35)2/h3-7,12-14,23-25,28,32H,8-11,15-22H2,1-2H3. The molecule has 6 heterocycles. The summed E-state index contributed by atoms with van der Waals surface area (Å²) in [5.41, 5.74) is 5.22. The quantitative estimate of drug-likeness (QED) is 0.325. The summed E-state index contributed by atoms with van der Waals surface area (Å²) in [4.78, 5) is 56.4. The maximum absolute atomic E-state index is 14.0. The first kappa shape index (κ1) is 31.1. The van der Waals surface area contributed by atoms with E-state index in [9.17, 15) is 14.4 Å². The van der Waals surface area contributed by atoms with Gasteiger partial charge < -0.3 is 19.3 Å². The molecule has 4 aromatic rings.